The van der Waals surface area contributed by atoms with Crippen molar-refractivity contribution in [3.8, 4) is 6.07 Å². The molecule has 0 bridgehead atoms. The molecule has 0 aromatic heterocycles. The Morgan fingerprint density at radius 1 is 1.15 bits per heavy atom. The van der Waals surface area contributed by atoms with Gasteiger partial charge >= 0.3 is 6.03 Å². The monoisotopic (exact) mass is 285 g/mol. The minimum atomic E-state index is -0.405. The number of amides is 2. The van der Waals surface area contributed by atoms with Crippen LogP contribution in [0.4, 0.5) is 16.2 Å². The van der Waals surface area contributed by atoms with Gasteiger partial charge in [-0.05, 0) is 42.8 Å². The minimum Gasteiger partial charge on any atom is -0.307 e. The molecule has 0 atom stereocenters. The van der Waals surface area contributed by atoms with Gasteiger partial charge in [-0.1, -0.05) is 23.7 Å². The van der Waals surface area contributed by atoms with E-state index in [9.17, 15) is 4.79 Å². The number of carbonyl (C=O) groups is 1. The van der Waals surface area contributed by atoms with E-state index in [-0.39, 0.29) is 0 Å². The average molecular weight is 286 g/mol. The van der Waals surface area contributed by atoms with Crippen molar-refractivity contribution in [1.82, 2.24) is 0 Å². The average Bonchev–Trinajstić information content (AvgIpc) is 2.42. The van der Waals surface area contributed by atoms with E-state index in [1.807, 2.05) is 13.0 Å². The molecule has 2 aromatic carbocycles. The maximum Gasteiger partial charge on any atom is 0.323 e. The van der Waals surface area contributed by atoms with E-state index in [1.165, 1.54) is 0 Å². The Labute approximate surface area is 122 Å². The minimum absolute atomic E-state index is 0.405. The number of nitrogens with one attached hydrogen (secondary N) is 2. The topological polar surface area (TPSA) is 64.9 Å². The third kappa shape index (κ3) is 3.28. The van der Waals surface area contributed by atoms with Crippen LogP contribution in [-0.2, 0) is 0 Å². The molecule has 2 aromatic rings. The van der Waals surface area contributed by atoms with Crippen LogP contribution in [0, 0.1) is 18.3 Å². The molecular weight excluding hydrogens is 274 g/mol. The van der Waals surface area contributed by atoms with Gasteiger partial charge in [0.1, 0.15) is 6.07 Å². The molecule has 0 saturated heterocycles. The van der Waals surface area contributed by atoms with Crippen LogP contribution in [0.2, 0.25) is 5.02 Å². The second kappa shape index (κ2) is 6.09. The molecule has 100 valence electrons. The summed E-state index contributed by atoms with van der Waals surface area (Å²) in [6, 6.07) is 13.6. The molecule has 0 aliphatic carbocycles. The smallest absolute Gasteiger partial charge is 0.307 e. The maximum atomic E-state index is 11.9. The van der Waals surface area contributed by atoms with Crippen LogP contribution in [0.3, 0.4) is 0 Å². The SMILES string of the molecule is Cc1cc(Cl)ccc1NC(=O)Nc1ccccc1C#N. The van der Waals surface area contributed by atoms with Gasteiger partial charge < -0.3 is 10.6 Å². The Morgan fingerprint density at radius 2 is 1.85 bits per heavy atom. The van der Waals surface area contributed by atoms with Gasteiger partial charge in [0.25, 0.3) is 0 Å². The molecule has 0 saturated carbocycles. The number of nitriles is 1. The Hall–Kier alpha value is -2.51. The third-order valence-corrected chi connectivity index (χ3v) is 2.97. The summed E-state index contributed by atoms with van der Waals surface area (Å²) in [5.74, 6) is 0. The van der Waals surface area contributed by atoms with E-state index in [0.717, 1.165) is 5.56 Å². The summed E-state index contributed by atoms with van der Waals surface area (Å²) in [5, 5.41) is 14.9. The molecule has 20 heavy (non-hydrogen) atoms. The third-order valence-electron chi connectivity index (χ3n) is 2.73. The Morgan fingerprint density at radius 3 is 2.55 bits per heavy atom. The van der Waals surface area contributed by atoms with Gasteiger partial charge in [0, 0.05) is 10.7 Å². The fourth-order valence-electron chi connectivity index (χ4n) is 1.73. The number of hydrogen-bond donors (Lipinski definition) is 2. The van der Waals surface area contributed by atoms with Crippen molar-refractivity contribution >= 4 is 29.0 Å². The number of urea groups is 1. The summed E-state index contributed by atoms with van der Waals surface area (Å²) in [5.41, 5.74) is 2.41. The molecule has 0 spiro atoms. The lowest BCUT2D eigenvalue weighted by Crippen LogP contribution is -2.20. The van der Waals surface area contributed by atoms with Crippen LogP contribution < -0.4 is 10.6 Å². The van der Waals surface area contributed by atoms with Gasteiger partial charge in [-0.3, -0.25) is 0 Å². The number of benzene rings is 2. The second-order valence-corrected chi connectivity index (χ2v) is 4.63. The predicted molar refractivity (Wildman–Crippen MR) is 80.0 cm³/mol. The number of aryl methyl sites for hydroxylation is 1. The first-order chi connectivity index (χ1) is 9.60. The molecule has 2 amide bonds. The van der Waals surface area contributed by atoms with Crippen molar-refractivity contribution in [3.05, 3.63) is 58.6 Å². The molecule has 0 unspecified atom stereocenters. The largest absolute Gasteiger partial charge is 0.323 e. The van der Waals surface area contributed by atoms with E-state index in [1.54, 1.807) is 42.5 Å². The van der Waals surface area contributed by atoms with Crippen LogP contribution >= 0.6 is 11.6 Å². The molecular formula is C15H12ClN3O. The summed E-state index contributed by atoms with van der Waals surface area (Å²) in [7, 11) is 0. The number of rotatable bonds is 2. The zero-order valence-corrected chi connectivity index (χ0v) is 11.5. The van der Waals surface area contributed by atoms with Crippen LogP contribution in [0.15, 0.2) is 42.5 Å². The standard InChI is InChI=1S/C15H12ClN3O/c1-10-8-12(16)6-7-13(10)18-15(20)19-14-5-3-2-4-11(14)9-17/h2-8H,1H3,(H2,18,19,20). The normalized spacial score (nSPS) is 9.65. The molecule has 5 heteroatoms. The highest BCUT2D eigenvalue weighted by molar-refractivity contribution is 6.30. The number of para-hydroxylation sites is 1. The van der Waals surface area contributed by atoms with Crippen molar-refractivity contribution in [1.29, 1.82) is 5.26 Å². The van der Waals surface area contributed by atoms with Crippen molar-refractivity contribution in [2.24, 2.45) is 0 Å². The quantitative estimate of drug-likeness (QED) is 0.870. The molecule has 0 radical (unpaired) electrons. The first-order valence-electron chi connectivity index (χ1n) is 5.93. The molecule has 0 aliphatic rings. The highest BCUT2D eigenvalue weighted by Gasteiger charge is 2.07. The Bertz CT molecular complexity index is 692. The fraction of sp³-hybridized carbons (Fsp3) is 0.0667. The number of carbonyl (C=O) groups excluding carboxylic acids is 1. The summed E-state index contributed by atoms with van der Waals surface area (Å²) in [6.45, 7) is 1.85. The van der Waals surface area contributed by atoms with Gasteiger partial charge in [-0.2, -0.15) is 5.26 Å². The number of halogens is 1. The highest BCUT2D eigenvalue weighted by atomic mass is 35.5. The molecule has 2 rings (SSSR count). The predicted octanol–water partition coefficient (Wildman–Crippen LogP) is 4.16. The highest BCUT2D eigenvalue weighted by Crippen LogP contribution is 2.20. The van der Waals surface area contributed by atoms with E-state index in [2.05, 4.69) is 10.6 Å². The van der Waals surface area contributed by atoms with E-state index in [4.69, 9.17) is 16.9 Å². The van der Waals surface area contributed by atoms with Crippen molar-refractivity contribution < 1.29 is 4.79 Å². The lowest BCUT2D eigenvalue weighted by Gasteiger charge is -2.10. The molecule has 0 aliphatic heterocycles. The lowest BCUT2D eigenvalue weighted by molar-refractivity contribution is 0.262. The molecule has 0 heterocycles. The van der Waals surface area contributed by atoms with Gasteiger partial charge in [-0.15, -0.1) is 0 Å². The van der Waals surface area contributed by atoms with E-state index in [0.29, 0.717) is 22.0 Å². The zero-order chi connectivity index (χ0) is 14.5. The van der Waals surface area contributed by atoms with Gasteiger partial charge in [0.15, 0.2) is 0 Å². The Kier molecular flexibility index (Phi) is 4.24. The van der Waals surface area contributed by atoms with E-state index < -0.39 is 6.03 Å². The van der Waals surface area contributed by atoms with Crippen molar-refractivity contribution in [2.45, 2.75) is 6.92 Å². The lowest BCUT2D eigenvalue weighted by atomic mass is 10.2. The Balaban J connectivity index is 2.11. The summed E-state index contributed by atoms with van der Waals surface area (Å²) in [4.78, 5) is 11.9. The summed E-state index contributed by atoms with van der Waals surface area (Å²) < 4.78 is 0. The molecule has 0 fully saturated rings. The number of anilines is 2. The van der Waals surface area contributed by atoms with Crippen LogP contribution in [0.25, 0.3) is 0 Å². The zero-order valence-electron chi connectivity index (χ0n) is 10.8. The maximum absolute atomic E-state index is 11.9. The van der Waals surface area contributed by atoms with Gasteiger partial charge in [0.05, 0.1) is 11.3 Å². The first kappa shape index (κ1) is 13.9. The van der Waals surface area contributed by atoms with Crippen molar-refractivity contribution in [3.63, 3.8) is 0 Å². The van der Waals surface area contributed by atoms with Crippen molar-refractivity contribution in [2.75, 3.05) is 10.6 Å². The van der Waals surface area contributed by atoms with Gasteiger partial charge in [-0.25, -0.2) is 4.79 Å². The second-order valence-electron chi connectivity index (χ2n) is 4.20. The first-order valence-corrected chi connectivity index (χ1v) is 6.31. The van der Waals surface area contributed by atoms with Crippen LogP contribution in [0.5, 0.6) is 0 Å². The fourth-order valence-corrected chi connectivity index (χ4v) is 1.96. The summed E-state index contributed by atoms with van der Waals surface area (Å²) in [6.07, 6.45) is 0. The van der Waals surface area contributed by atoms with Gasteiger partial charge in [0.2, 0.25) is 0 Å². The number of nitrogens with zero attached hydrogens (tertiary/aromatic N) is 1. The summed E-state index contributed by atoms with van der Waals surface area (Å²) >= 11 is 5.86. The van der Waals surface area contributed by atoms with E-state index >= 15 is 0 Å². The molecule has 4 nitrogen and oxygen atoms in total. The van der Waals surface area contributed by atoms with Crippen LogP contribution in [-0.4, -0.2) is 6.03 Å². The number of hydrogen-bond acceptors (Lipinski definition) is 2. The van der Waals surface area contributed by atoms with Crippen LogP contribution in [0.1, 0.15) is 11.1 Å². The molecule has 2 N–H and O–H groups in total.